The lowest BCUT2D eigenvalue weighted by Crippen LogP contribution is -2.35. The average molecular weight is 453 g/mol. The predicted molar refractivity (Wildman–Crippen MR) is 125 cm³/mol. The molecule has 7 nitrogen and oxygen atoms in total. The number of H-pyrrole nitrogens is 1. The summed E-state index contributed by atoms with van der Waals surface area (Å²) >= 11 is 6.04. The second-order valence-electron chi connectivity index (χ2n) is 8.08. The first kappa shape index (κ1) is 22.0. The van der Waals surface area contributed by atoms with Crippen LogP contribution in [0.2, 0.25) is 5.02 Å². The lowest BCUT2D eigenvalue weighted by molar-refractivity contribution is -0.132. The summed E-state index contributed by atoms with van der Waals surface area (Å²) in [5.74, 6) is 0.0669. The Bertz CT molecular complexity index is 1220. The Hall–Kier alpha value is -3.19. The minimum atomic E-state index is -0.261. The Balaban J connectivity index is 1.45. The molecule has 2 N–H and O–H groups in total. The molecule has 1 aromatic heterocycles. The number of hydrogen-bond acceptors (Lipinski definition) is 4. The summed E-state index contributed by atoms with van der Waals surface area (Å²) < 4.78 is 0. The molecular formula is C24H25ClN4O3. The highest BCUT2D eigenvalue weighted by molar-refractivity contribution is 6.31. The molecule has 4 rings (SSSR count). The fourth-order valence-electron chi connectivity index (χ4n) is 4.08. The number of anilines is 1. The van der Waals surface area contributed by atoms with Gasteiger partial charge in [-0.15, -0.1) is 0 Å². The lowest BCUT2D eigenvalue weighted by Gasteiger charge is -2.26. The molecule has 2 heterocycles. The van der Waals surface area contributed by atoms with Gasteiger partial charge in [0.25, 0.3) is 5.56 Å². The highest BCUT2D eigenvalue weighted by atomic mass is 35.5. The van der Waals surface area contributed by atoms with Crippen LogP contribution in [0.15, 0.2) is 47.3 Å². The Morgan fingerprint density at radius 3 is 2.84 bits per heavy atom. The number of para-hydroxylation sites is 1. The fourth-order valence-corrected chi connectivity index (χ4v) is 4.25. The topological polar surface area (TPSA) is 95.2 Å². The zero-order chi connectivity index (χ0) is 22.7. The number of aromatic amines is 1. The van der Waals surface area contributed by atoms with Crippen molar-refractivity contribution in [3.63, 3.8) is 0 Å². The van der Waals surface area contributed by atoms with Crippen LogP contribution in [0, 0.1) is 5.92 Å². The van der Waals surface area contributed by atoms with Gasteiger partial charge in [0.05, 0.1) is 17.4 Å². The molecule has 0 radical (unpaired) electrons. The summed E-state index contributed by atoms with van der Waals surface area (Å²) in [6, 6.07) is 12.7. The molecule has 1 aliphatic heterocycles. The van der Waals surface area contributed by atoms with Crippen molar-refractivity contribution in [3.05, 3.63) is 69.2 Å². The Morgan fingerprint density at radius 2 is 2.03 bits per heavy atom. The molecule has 0 saturated carbocycles. The minimum Gasteiger partial charge on any atom is -0.335 e. The monoisotopic (exact) mass is 452 g/mol. The average Bonchev–Trinajstić information content (AvgIpc) is 2.77. The van der Waals surface area contributed by atoms with E-state index >= 15 is 0 Å². The summed E-state index contributed by atoms with van der Waals surface area (Å²) in [6.45, 7) is 2.72. The number of benzene rings is 2. The third kappa shape index (κ3) is 4.83. The molecular weight excluding hydrogens is 428 g/mol. The molecule has 1 atom stereocenters. The van der Waals surface area contributed by atoms with Crippen molar-refractivity contribution in [3.8, 4) is 0 Å². The number of carbonyl (C=O) groups is 2. The normalized spacial score (nSPS) is 15.3. The minimum absolute atomic E-state index is 0.0454. The molecule has 0 saturated heterocycles. The Kier molecular flexibility index (Phi) is 6.55. The van der Waals surface area contributed by atoms with E-state index in [2.05, 4.69) is 15.3 Å². The van der Waals surface area contributed by atoms with Crippen molar-refractivity contribution in [2.45, 2.75) is 39.2 Å². The third-order valence-electron chi connectivity index (χ3n) is 5.72. The van der Waals surface area contributed by atoms with E-state index in [1.54, 1.807) is 23.1 Å². The number of nitrogens with zero attached hydrogens (tertiary/aromatic N) is 2. The SMILES string of the molecule is CCCN(Cc1nc2cc(Cl)ccc2c(=O)[nH]1)C(=O)CC[C@@H]1Cc2ccccc2NC1=O. The van der Waals surface area contributed by atoms with E-state index in [0.717, 1.165) is 17.7 Å². The van der Waals surface area contributed by atoms with Crippen LogP contribution in [0.3, 0.4) is 0 Å². The first-order valence-corrected chi connectivity index (χ1v) is 11.2. The van der Waals surface area contributed by atoms with Crippen LogP contribution in [-0.2, 0) is 22.6 Å². The fraction of sp³-hybridized carbons (Fsp3) is 0.333. The number of fused-ring (bicyclic) bond motifs is 2. The van der Waals surface area contributed by atoms with Gasteiger partial charge < -0.3 is 15.2 Å². The van der Waals surface area contributed by atoms with E-state index in [-0.39, 0.29) is 36.3 Å². The number of rotatable bonds is 7. The molecule has 2 aromatic carbocycles. The molecule has 0 unspecified atom stereocenters. The number of carbonyl (C=O) groups excluding carboxylic acids is 2. The summed E-state index contributed by atoms with van der Waals surface area (Å²) in [5.41, 5.74) is 2.17. The van der Waals surface area contributed by atoms with Gasteiger partial charge in [0, 0.05) is 29.6 Å². The smallest absolute Gasteiger partial charge is 0.258 e. The number of amides is 2. The molecule has 0 bridgehead atoms. The largest absolute Gasteiger partial charge is 0.335 e. The van der Waals surface area contributed by atoms with Crippen molar-refractivity contribution in [2.75, 3.05) is 11.9 Å². The van der Waals surface area contributed by atoms with Gasteiger partial charge in [0.1, 0.15) is 5.82 Å². The van der Waals surface area contributed by atoms with Crippen LogP contribution in [-0.4, -0.2) is 33.2 Å². The molecule has 3 aromatic rings. The maximum absolute atomic E-state index is 13.0. The first-order chi connectivity index (χ1) is 15.4. The van der Waals surface area contributed by atoms with Gasteiger partial charge in [-0.2, -0.15) is 0 Å². The van der Waals surface area contributed by atoms with Crippen molar-refractivity contribution >= 4 is 40.0 Å². The summed E-state index contributed by atoms with van der Waals surface area (Å²) in [4.78, 5) is 46.8. The predicted octanol–water partition coefficient (Wildman–Crippen LogP) is 3.91. The summed E-state index contributed by atoms with van der Waals surface area (Å²) in [6.07, 6.45) is 2.12. The molecule has 0 fully saturated rings. The molecule has 166 valence electrons. The number of halogens is 1. The maximum atomic E-state index is 13.0. The molecule has 0 aliphatic carbocycles. The van der Waals surface area contributed by atoms with Crippen LogP contribution in [0.25, 0.3) is 10.9 Å². The maximum Gasteiger partial charge on any atom is 0.258 e. The second kappa shape index (κ2) is 9.53. The molecule has 2 amide bonds. The lowest BCUT2D eigenvalue weighted by atomic mass is 9.89. The van der Waals surface area contributed by atoms with Gasteiger partial charge in [-0.25, -0.2) is 4.98 Å². The van der Waals surface area contributed by atoms with E-state index in [9.17, 15) is 14.4 Å². The number of hydrogen-bond donors (Lipinski definition) is 2. The van der Waals surface area contributed by atoms with Crippen LogP contribution in [0.1, 0.15) is 37.6 Å². The third-order valence-corrected chi connectivity index (χ3v) is 5.96. The van der Waals surface area contributed by atoms with Crippen LogP contribution >= 0.6 is 11.6 Å². The summed E-state index contributed by atoms with van der Waals surface area (Å²) in [5, 5.41) is 3.88. The molecule has 0 spiro atoms. The van der Waals surface area contributed by atoms with Gasteiger partial charge in [-0.1, -0.05) is 36.7 Å². The Morgan fingerprint density at radius 1 is 1.22 bits per heavy atom. The van der Waals surface area contributed by atoms with Crippen molar-refractivity contribution < 1.29 is 9.59 Å². The van der Waals surface area contributed by atoms with Gasteiger partial charge in [-0.3, -0.25) is 14.4 Å². The van der Waals surface area contributed by atoms with Gasteiger partial charge in [0.2, 0.25) is 11.8 Å². The van der Waals surface area contributed by atoms with E-state index < -0.39 is 0 Å². The van der Waals surface area contributed by atoms with E-state index in [4.69, 9.17) is 11.6 Å². The van der Waals surface area contributed by atoms with Crippen molar-refractivity contribution in [1.82, 2.24) is 14.9 Å². The molecule has 8 heteroatoms. The van der Waals surface area contributed by atoms with E-state index in [1.807, 2.05) is 31.2 Å². The van der Waals surface area contributed by atoms with Crippen LogP contribution in [0.4, 0.5) is 5.69 Å². The van der Waals surface area contributed by atoms with E-state index in [1.165, 1.54) is 0 Å². The van der Waals surface area contributed by atoms with Crippen molar-refractivity contribution in [2.24, 2.45) is 5.92 Å². The number of aromatic nitrogens is 2. The highest BCUT2D eigenvalue weighted by Gasteiger charge is 2.27. The molecule has 32 heavy (non-hydrogen) atoms. The first-order valence-electron chi connectivity index (χ1n) is 10.8. The van der Waals surface area contributed by atoms with E-state index in [0.29, 0.717) is 41.1 Å². The zero-order valence-corrected chi connectivity index (χ0v) is 18.6. The second-order valence-corrected chi connectivity index (χ2v) is 8.51. The highest BCUT2D eigenvalue weighted by Crippen LogP contribution is 2.27. The standard InChI is InChI=1S/C24H25ClN4O3/c1-2-11-29(14-21-26-20-13-17(25)8-9-18(20)24(32)28-21)22(30)10-7-16-12-15-5-3-4-6-19(15)27-23(16)31/h3-6,8-9,13,16H,2,7,10-12,14H2,1H3,(H,27,31)(H,26,28,32)/t16-/m1/s1. The number of nitrogens with one attached hydrogen (secondary N) is 2. The Labute approximate surface area is 190 Å². The van der Waals surface area contributed by atoms with Gasteiger partial charge in [0.15, 0.2) is 0 Å². The quantitative estimate of drug-likeness (QED) is 0.568. The summed E-state index contributed by atoms with van der Waals surface area (Å²) in [7, 11) is 0. The van der Waals surface area contributed by atoms with Gasteiger partial charge >= 0.3 is 0 Å². The van der Waals surface area contributed by atoms with Crippen molar-refractivity contribution in [1.29, 1.82) is 0 Å². The van der Waals surface area contributed by atoms with Gasteiger partial charge in [-0.05, 0) is 49.1 Å². The molecule has 1 aliphatic rings. The zero-order valence-electron chi connectivity index (χ0n) is 17.9. The van der Waals surface area contributed by atoms with Crippen LogP contribution < -0.4 is 10.9 Å². The van der Waals surface area contributed by atoms with Crippen LogP contribution in [0.5, 0.6) is 0 Å².